The molecule has 0 unspecified atom stereocenters. The summed E-state index contributed by atoms with van der Waals surface area (Å²) in [6.07, 6.45) is 4.35. The highest BCUT2D eigenvalue weighted by molar-refractivity contribution is 5.94. The Kier molecular flexibility index (Phi) is 4.98. The third-order valence-electron chi connectivity index (χ3n) is 5.75. The molecular formula is C22H27N3O3. The SMILES string of the molecule is COc1ccc(C)cc1CC1(NC(=O)c2cc(N3CC(CO)C3)ccn2)CC1. The maximum absolute atomic E-state index is 12.9. The topological polar surface area (TPSA) is 74.7 Å². The fourth-order valence-corrected chi connectivity index (χ4v) is 3.85. The average Bonchev–Trinajstić information content (AvgIpc) is 3.40. The lowest BCUT2D eigenvalue weighted by Gasteiger charge is -2.40. The van der Waals surface area contributed by atoms with Crippen molar-refractivity contribution in [3.05, 3.63) is 53.3 Å². The molecule has 1 aromatic carbocycles. The van der Waals surface area contributed by atoms with Crippen LogP contribution in [0, 0.1) is 12.8 Å². The predicted octanol–water partition coefficient (Wildman–Crippen LogP) is 2.33. The molecule has 2 aromatic rings. The van der Waals surface area contributed by atoms with Crippen LogP contribution in [0.5, 0.6) is 5.75 Å². The first-order chi connectivity index (χ1) is 13.5. The van der Waals surface area contributed by atoms with Crippen molar-refractivity contribution in [2.45, 2.75) is 31.7 Å². The van der Waals surface area contributed by atoms with Gasteiger partial charge >= 0.3 is 0 Å². The van der Waals surface area contributed by atoms with Gasteiger partial charge in [0.25, 0.3) is 5.91 Å². The lowest BCUT2D eigenvalue weighted by molar-refractivity contribution is 0.0926. The molecule has 1 saturated heterocycles. The Balaban J connectivity index is 1.44. The molecular weight excluding hydrogens is 354 g/mol. The molecule has 4 rings (SSSR count). The second-order valence-corrected chi connectivity index (χ2v) is 8.08. The van der Waals surface area contributed by atoms with Crippen molar-refractivity contribution in [1.82, 2.24) is 10.3 Å². The van der Waals surface area contributed by atoms with Crippen molar-refractivity contribution < 1.29 is 14.6 Å². The number of pyridine rings is 1. The molecule has 6 nitrogen and oxygen atoms in total. The van der Waals surface area contributed by atoms with Crippen LogP contribution in [0.15, 0.2) is 36.5 Å². The molecule has 0 spiro atoms. The minimum absolute atomic E-state index is 0.134. The number of benzene rings is 1. The maximum Gasteiger partial charge on any atom is 0.270 e. The van der Waals surface area contributed by atoms with Gasteiger partial charge in [-0.3, -0.25) is 9.78 Å². The van der Waals surface area contributed by atoms with Crippen molar-refractivity contribution in [2.24, 2.45) is 5.92 Å². The summed E-state index contributed by atoms with van der Waals surface area (Å²) in [5.74, 6) is 1.05. The number of aromatic nitrogens is 1. The van der Waals surface area contributed by atoms with Crippen molar-refractivity contribution in [2.75, 3.05) is 31.7 Å². The number of carbonyl (C=O) groups excluding carboxylic acids is 1. The Morgan fingerprint density at radius 1 is 1.32 bits per heavy atom. The molecule has 148 valence electrons. The summed E-state index contributed by atoms with van der Waals surface area (Å²) in [5, 5.41) is 12.4. The molecule has 1 aromatic heterocycles. The molecule has 6 heteroatoms. The third-order valence-corrected chi connectivity index (χ3v) is 5.75. The van der Waals surface area contributed by atoms with Crippen LogP contribution in [0.3, 0.4) is 0 Å². The first-order valence-corrected chi connectivity index (χ1v) is 9.80. The third kappa shape index (κ3) is 3.83. The van der Waals surface area contributed by atoms with Crippen LogP contribution in [-0.4, -0.2) is 48.3 Å². The number of hydrogen-bond donors (Lipinski definition) is 2. The quantitative estimate of drug-likeness (QED) is 0.770. The first-order valence-electron chi connectivity index (χ1n) is 9.80. The van der Waals surface area contributed by atoms with Crippen LogP contribution < -0.4 is 15.0 Å². The zero-order valence-electron chi connectivity index (χ0n) is 16.4. The summed E-state index contributed by atoms with van der Waals surface area (Å²) in [4.78, 5) is 19.3. The largest absolute Gasteiger partial charge is 0.496 e. The number of amides is 1. The Hall–Kier alpha value is -2.60. The molecule has 2 aliphatic rings. The van der Waals surface area contributed by atoms with Gasteiger partial charge in [-0.15, -0.1) is 0 Å². The van der Waals surface area contributed by atoms with E-state index in [0.717, 1.165) is 49.4 Å². The van der Waals surface area contributed by atoms with E-state index in [0.29, 0.717) is 11.6 Å². The van der Waals surface area contributed by atoms with Gasteiger partial charge in [0.15, 0.2) is 0 Å². The van der Waals surface area contributed by atoms with Gasteiger partial charge in [0.05, 0.1) is 7.11 Å². The lowest BCUT2D eigenvalue weighted by Crippen LogP contribution is -2.48. The zero-order valence-corrected chi connectivity index (χ0v) is 16.4. The zero-order chi connectivity index (χ0) is 19.7. The van der Waals surface area contributed by atoms with Gasteiger partial charge in [-0.25, -0.2) is 0 Å². The van der Waals surface area contributed by atoms with E-state index in [1.807, 2.05) is 24.3 Å². The number of methoxy groups -OCH3 is 1. The molecule has 0 atom stereocenters. The Morgan fingerprint density at radius 3 is 2.79 bits per heavy atom. The number of aliphatic hydroxyl groups excluding tert-OH is 1. The van der Waals surface area contributed by atoms with E-state index >= 15 is 0 Å². The van der Waals surface area contributed by atoms with Gasteiger partial charge in [-0.1, -0.05) is 17.7 Å². The number of aryl methyl sites for hydroxylation is 1. The van der Waals surface area contributed by atoms with E-state index in [4.69, 9.17) is 4.74 Å². The van der Waals surface area contributed by atoms with Gasteiger partial charge in [0.2, 0.25) is 0 Å². The maximum atomic E-state index is 12.9. The minimum Gasteiger partial charge on any atom is -0.496 e. The minimum atomic E-state index is -0.214. The van der Waals surface area contributed by atoms with Crippen LogP contribution in [0.25, 0.3) is 0 Å². The van der Waals surface area contributed by atoms with Crippen molar-refractivity contribution >= 4 is 11.6 Å². The van der Waals surface area contributed by atoms with Gasteiger partial charge in [-0.05, 0) is 49.9 Å². The summed E-state index contributed by atoms with van der Waals surface area (Å²) in [7, 11) is 1.68. The van der Waals surface area contributed by atoms with Gasteiger partial charge < -0.3 is 20.1 Å². The second kappa shape index (κ2) is 7.43. The normalized spacial score (nSPS) is 17.8. The fraction of sp³-hybridized carbons (Fsp3) is 0.455. The van der Waals surface area contributed by atoms with Crippen molar-refractivity contribution in [3.8, 4) is 5.75 Å². The summed E-state index contributed by atoms with van der Waals surface area (Å²) >= 11 is 0. The van der Waals surface area contributed by atoms with E-state index in [1.165, 1.54) is 5.56 Å². The molecule has 1 aliphatic carbocycles. The number of aliphatic hydroxyl groups is 1. The van der Waals surface area contributed by atoms with Gasteiger partial charge in [-0.2, -0.15) is 0 Å². The van der Waals surface area contributed by atoms with Crippen LogP contribution in [0.2, 0.25) is 0 Å². The molecule has 2 heterocycles. The molecule has 1 amide bonds. The number of carbonyl (C=O) groups is 1. The molecule has 0 radical (unpaired) electrons. The van der Waals surface area contributed by atoms with E-state index in [2.05, 4.69) is 28.2 Å². The monoisotopic (exact) mass is 381 g/mol. The van der Waals surface area contributed by atoms with Crippen LogP contribution in [0.4, 0.5) is 5.69 Å². The average molecular weight is 381 g/mol. The number of rotatable bonds is 7. The van der Waals surface area contributed by atoms with E-state index in [1.54, 1.807) is 13.3 Å². The molecule has 2 fully saturated rings. The fourth-order valence-electron chi connectivity index (χ4n) is 3.85. The number of nitrogens with zero attached hydrogens (tertiary/aromatic N) is 2. The lowest BCUT2D eigenvalue weighted by atomic mass is 10.00. The second-order valence-electron chi connectivity index (χ2n) is 8.08. The summed E-state index contributed by atoms with van der Waals surface area (Å²) in [5.41, 5.74) is 3.51. The Bertz CT molecular complexity index is 873. The molecule has 1 aliphatic heterocycles. The molecule has 28 heavy (non-hydrogen) atoms. The van der Waals surface area contributed by atoms with Crippen molar-refractivity contribution in [1.29, 1.82) is 0 Å². The van der Waals surface area contributed by atoms with Crippen LogP contribution in [-0.2, 0) is 6.42 Å². The van der Waals surface area contributed by atoms with E-state index < -0.39 is 0 Å². The Morgan fingerprint density at radius 2 is 2.11 bits per heavy atom. The van der Waals surface area contributed by atoms with Crippen molar-refractivity contribution in [3.63, 3.8) is 0 Å². The molecule has 0 bridgehead atoms. The number of ether oxygens (including phenoxy) is 1. The van der Waals surface area contributed by atoms with Crippen LogP contribution >= 0.6 is 0 Å². The van der Waals surface area contributed by atoms with Gasteiger partial charge in [0.1, 0.15) is 11.4 Å². The predicted molar refractivity (Wildman–Crippen MR) is 108 cm³/mol. The summed E-state index contributed by atoms with van der Waals surface area (Å²) in [6.45, 7) is 3.91. The highest BCUT2D eigenvalue weighted by Gasteiger charge is 2.44. The summed E-state index contributed by atoms with van der Waals surface area (Å²) in [6, 6.07) is 9.90. The number of nitrogens with one attached hydrogen (secondary N) is 1. The smallest absolute Gasteiger partial charge is 0.270 e. The highest BCUT2D eigenvalue weighted by Crippen LogP contribution is 2.41. The van der Waals surface area contributed by atoms with E-state index in [9.17, 15) is 9.90 Å². The number of hydrogen-bond acceptors (Lipinski definition) is 5. The van der Waals surface area contributed by atoms with Gasteiger partial charge in [0, 0.05) is 43.0 Å². The Labute approximate surface area is 165 Å². The van der Waals surface area contributed by atoms with Crippen LogP contribution in [0.1, 0.15) is 34.5 Å². The first kappa shape index (κ1) is 18.7. The number of anilines is 1. The molecule has 1 saturated carbocycles. The summed E-state index contributed by atoms with van der Waals surface area (Å²) < 4.78 is 5.49. The molecule has 2 N–H and O–H groups in total. The highest BCUT2D eigenvalue weighted by atomic mass is 16.5. The standard InChI is InChI=1S/C22H27N3O3/c1-15-3-4-20(28-2)17(9-15)11-22(6-7-22)24-21(27)19-10-18(5-8-23-19)25-12-16(13-25)14-26/h3-5,8-10,16,26H,6-7,11-14H2,1-2H3,(H,24,27). The van der Waals surface area contributed by atoms with E-state index in [-0.39, 0.29) is 18.1 Å².